The van der Waals surface area contributed by atoms with Gasteiger partial charge in [0.1, 0.15) is 12.4 Å². The summed E-state index contributed by atoms with van der Waals surface area (Å²) in [6.07, 6.45) is 2.59. The molecule has 40 heavy (non-hydrogen) atoms. The van der Waals surface area contributed by atoms with Crippen LogP contribution in [0.1, 0.15) is 34.3 Å². The Morgan fingerprint density at radius 1 is 1.20 bits per heavy atom. The summed E-state index contributed by atoms with van der Waals surface area (Å²) in [7, 11) is -3.42. The van der Waals surface area contributed by atoms with Gasteiger partial charge in [-0.1, -0.05) is 39.7 Å². The number of halogens is 2. The first-order valence-corrected chi connectivity index (χ1v) is 15.4. The highest BCUT2D eigenvalue weighted by Gasteiger charge is 2.19. The molecule has 3 N–H and O–H groups in total. The monoisotopic (exact) mass is 652 g/mol. The lowest BCUT2D eigenvalue weighted by atomic mass is 10.1. The molecule has 1 atom stereocenters. The summed E-state index contributed by atoms with van der Waals surface area (Å²) in [5.74, 6) is 0.317. The highest BCUT2D eigenvalue weighted by atomic mass is 79.9. The first kappa shape index (κ1) is 31.6. The summed E-state index contributed by atoms with van der Waals surface area (Å²) in [4.78, 5) is 23.4. The summed E-state index contributed by atoms with van der Waals surface area (Å²) in [6, 6.07) is 17.2. The molecular formula is C28H30BrClN2O7S. The van der Waals surface area contributed by atoms with E-state index in [1.54, 1.807) is 6.07 Å². The summed E-state index contributed by atoms with van der Waals surface area (Å²) in [6.45, 7) is 2.31. The number of β-amino-alcohol motifs (C(OH)–C–C–N with tert-alkyl or cyclic N) is 1. The van der Waals surface area contributed by atoms with E-state index in [-0.39, 0.29) is 28.1 Å². The van der Waals surface area contributed by atoms with Gasteiger partial charge in [0.25, 0.3) is 12.4 Å². The fourth-order valence-electron chi connectivity index (χ4n) is 4.24. The van der Waals surface area contributed by atoms with E-state index < -0.39 is 15.7 Å². The van der Waals surface area contributed by atoms with Gasteiger partial charge in [0.05, 0.1) is 21.6 Å². The van der Waals surface area contributed by atoms with Crippen LogP contribution < -0.4 is 10.1 Å². The maximum Gasteiger partial charge on any atom is 0.290 e. The van der Waals surface area contributed by atoms with E-state index in [0.717, 1.165) is 47.0 Å². The molecule has 0 unspecified atom stereocenters. The molecule has 3 aromatic rings. The molecule has 12 heteroatoms. The molecule has 1 saturated heterocycles. The third kappa shape index (κ3) is 9.31. The average molecular weight is 654 g/mol. The second-order valence-corrected chi connectivity index (χ2v) is 12.6. The van der Waals surface area contributed by atoms with Crippen LogP contribution in [0, 0.1) is 0 Å². The van der Waals surface area contributed by atoms with Crippen molar-refractivity contribution in [3.05, 3.63) is 86.8 Å². The number of rotatable bonds is 8. The SMILES string of the molecule is CS(=O)(=O)c1ccc(C(=O)Nc2cccc(COc3ccc(Br)cc3CN3CCC[C@H](O)C3)c2)c(Cl)c1.O=CO. The number of aliphatic hydroxyl groups excluding tert-OH is 1. The Morgan fingerprint density at radius 3 is 2.62 bits per heavy atom. The smallest absolute Gasteiger partial charge is 0.290 e. The highest BCUT2D eigenvalue weighted by Crippen LogP contribution is 2.27. The Labute approximate surface area is 246 Å². The molecule has 0 bridgehead atoms. The van der Waals surface area contributed by atoms with Gasteiger partial charge < -0.3 is 20.3 Å². The van der Waals surface area contributed by atoms with Crippen molar-refractivity contribution in [3.8, 4) is 5.75 Å². The second kappa shape index (κ2) is 14.6. The number of hydrogen-bond acceptors (Lipinski definition) is 7. The van der Waals surface area contributed by atoms with Gasteiger partial charge in [-0.3, -0.25) is 14.5 Å². The number of carbonyl (C=O) groups excluding carboxylic acids is 1. The van der Waals surface area contributed by atoms with Crippen LogP contribution in [0.5, 0.6) is 5.75 Å². The Kier molecular flexibility index (Phi) is 11.5. The van der Waals surface area contributed by atoms with Crippen molar-refractivity contribution in [3.63, 3.8) is 0 Å². The van der Waals surface area contributed by atoms with Crippen LogP contribution >= 0.6 is 27.5 Å². The Balaban J connectivity index is 0.00000141. The minimum atomic E-state index is -3.42. The van der Waals surface area contributed by atoms with E-state index >= 15 is 0 Å². The zero-order valence-corrected chi connectivity index (χ0v) is 24.9. The molecule has 1 aliphatic rings. The third-order valence-corrected chi connectivity index (χ3v) is 8.01. The van der Waals surface area contributed by atoms with Gasteiger partial charge >= 0.3 is 0 Å². The summed E-state index contributed by atoms with van der Waals surface area (Å²) in [5.41, 5.74) is 2.63. The van der Waals surface area contributed by atoms with Crippen molar-refractivity contribution in [2.75, 3.05) is 24.7 Å². The number of anilines is 1. The van der Waals surface area contributed by atoms with Gasteiger partial charge in [0, 0.05) is 35.1 Å². The molecular weight excluding hydrogens is 624 g/mol. The maximum absolute atomic E-state index is 12.8. The predicted molar refractivity (Wildman–Crippen MR) is 157 cm³/mol. The highest BCUT2D eigenvalue weighted by molar-refractivity contribution is 9.10. The number of hydrogen-bond donors (Lipinski definition) is 3. The quantitative estimate of drug-likeness (QED) is 0.290. The molecule has 4 rings (SSSR count). The van der Waals surface area contributed by atoms with Crippen LogP contribution in [0.15, 0.2) is 70.0 Å². The molecule has 0 radical (unpaired) electrons. The van der Waals surface area contributed by atoms with E-state index in [2.05, 4.69) is 26.1 Å². The molecule has 1 amide bonds. The van der Waals surface area contributed by atoms with Crippen LogP contribution in [0.25, 0.3) is 0 Å². The van der Waals surface area contributed by atoms with Crippen LogP contribution in [-0.4, -0.2) is 61.4 Å². The number of ether oxygens (including phenoxy) is 1. The number of carboxylic acid groups (broad SMARTS) is 1. The van der Waals surface area contributed by atoms with Crippen molar-refractivity contribution < 1.29 is 33.0 Å². The molecule has 214 valence electrons. The van der Waals surface area contributed by atoms with Gasteiger partial charge in [0.15, 0.2) is 9.84 Å². The van der Waals surface area contributed by atoms with Gasteiger partial charge in [-0.2, -0.15) is 0 Å². The number of nitrogens with zero attached hydrogens (tertiary/aromatic N) is 1. The predicted octanol–water partition coefficient (Wildman–Crippen LogP) is 4.99. The van der Waals surface area contributed by atoms with Crippen LogP contribution in [0.2, 0.25) is 5.02 Å². The minimum absolute atomic E-state index is 0.0528. The molecule has 0 saturated carbocycles. The lowest BCUT2D eigenvalue weighted by molar-refractivity contribution is -0.122. The van der Waals surface area contributed by atoms with E-state index in [0.29, 0.717) is 25.4 Å². The van der Waals surface area contributed by atoms with E-state index in [4.69, 9.17) is 26.2 Å². The molecule has 0 spiro atoms. The maximum atomic E-state index is 12.8. The zero-order valence-electron chi connectivity index (χ0n) is 21.7. The second-order valence-electron chi connectivity index (χ2n) is 9.25. The van der Waals surface area contributed by atoms with Crippen molar-refractivity contribution in [1.29, 1.82) is 0 Å². The third-order valence-electron chi connectivity index (χ3n) is 6.09. The number of carbonyl (C=O) groups is 2. The first-order chi connectivity index (χ1) is 19.0. The number of piperidine rings is 1. The van der Waals surface area contributed by atoms with Crippen LogP contribution in [0.3, 0.4) is 0 Å². The van der Waals surface area contributed by atoms with Crippen molar-refractivity contribution >= 4 is 55.4 Å². The number of nitrogens with one attached hydrogen (secondary N) is 1. The van der Waals surface area contributed by atoms with E-state index in [1.807, 2.05) is 36.4 Å². The van der Waals surface area contributed by atoms with E-state index in [1.165, 1.54) is 18.2 Å². The summed E-state index contributed by atoms with van der Waals surface area (Å²) < 4.78 is 30.6. The van der Waals surface area contributed by atoms with Crippen LogP contribution in [-0.2, 0) is 27.8 Å². The molecule has 9 nitrogen and oxygen atoms in total. The van der Waals surface area contributed by atoms with Gasteiger partial charge in [-0.15, -0.1) is 0 Å². The van der Waals surface area contributed by atoms with Gasteiger partial charge in [0.2, 0.25) is 0 Å². The number of amides is 1. The van der Waals surface area contributed by atoms with Gasteiger partial charge in [-0.05, 0) is 73.5 Å². The molecule has 3 aromatic carbocycles. The first-order valence-electron chi connectivity index (χ1n) is 12.3. The Morgan fingerprint density at radius 2 is 1.95 bits per heavy atom. The number of likely N-dealkylation sites (tertiary alicyclic amines) is 1. The fraction of sp³-hybridized carbons (Fsp3) is 0.286. The fourth-order valence-corrected chi connectivity index (χ4v) is 5.62. The van der Waals surface area contributed by atoms with E-state index in [9.17, 15) is 18.3 Å². The largest absolute Gasteiger partial charge is 0.489 e. The van der Waals surface area contributed by atoms with Crippen molar-refractivity contribution in [1.82, 2.24) is 4.90 Å². The van der Waals surface area contributed by atoms with Crippen molar-refractivity contribution in [2.24, 2.45) is 0 Å². The number of sulfone groups is 1. The normalized spacial score (nSPS) is 15.4. The topological polar surface area (TPSA) is 133 Å². The molecule has 1 fully saturated rings. The zero-order chi connectivity index (χ0) is 29.3. The average Bonchev–Trinajstić information content (AvgIpc) is 2.88. The van der Waals surface area contributed by atoms with Crippen molar-refractivity contribution in [2.45, 2.75) is 37.0 Å². The molecule has 1 heterocycles. The lowest BCUT2D eigenvalue weighted by Crippen LogP contribution is -2.37. The summed E-state index contributed by atoms with van der Waals surface area (Å²) in [5, 5.41) is 19.8. The number of aliphatic hydroxyl groups is 1. The Hall–Kier alpha value is -2.96. The molecule has 1 aliphatic heterocycles. The lowest BCUT2D eigenvalue weighted by Gasteiger charge is -2.30. The number of benzene rings is 3. The van der Waals surface area contributed by atoms with Crippen LogP contribution in [0.4, 0.5) is 5.69 Å². The molecule has 0 aromatic heterocycles. The van der Waals surface area contributed by atoms with Gasteiger partial charge in [-0.25, -0.2) is 8.42 Å². The summed E-state index contributed by atoms with van der Waals surface area (Å²) >= 11 is 9.72. The standard InChI is InChI=1S/C27H28BrClN2O5S.CH2O2/c1-37(34,35)23-8-9-24(25(29)14-23)27(33)30-21-5-2-4-18(12-21)17-36-26-10-7-20(28)13-19(26)15-31-11-3-6-22(32)16-31;2-1-3/h2,4-5,7-10,12-14,22,32H,3,6,11,15-17H2,1H3,(H,30,33);1H,(H,2,3)/t22-;/m0./s1. The minimum Gasteiger partial charge on any atom is -0.489 e. The molecule has 0 aliphatic carbocycles. The Bertz CT molecular complexity index is 1450.